The van der Waals surface area contributed by atoms with Crippen LogP contribution in [-0.4, -0.2) is 12.3 Å². The second-order valence-electron chi connectivity index (χ2n) is 3.15. The Labute approximate surface area is 68.6 Å². The van der Waals surface area contributed by atoms with Crippen molar-refractivity contribution in [2.45, 2.75) is 39.5 Å². The van der Waals surface area contributed by atoms with Crippen LogP contribution in [0.4, 0.5) is 0 Å². The van der Waals surface area contributed by atoms with Gasteiger partial charge in [0.1, 0.15) is 6.61 Å². The topological polar surface area (TPSA) is 21.6 Å². The molecule has 2 heteroatoms. The molecule has 0 aromatic heterocycles. The van der Waals surface area contributed by atoms with Crippen molar-refractivity contribution < 1.29 is 4.84 Å². The normalized spacial score (nSPS) is 28.9. The molecule has 1 aliphatic rings. The SMILES string of the molecule is CCO/N=C1/CCCC[C@H]1C. The van der Waals surface area contributed by atoms with Crippen molar-refractivity contribution in [2.75, 3.05) is 6.61 Å². The first-order valence-corrected chi connectivity index (χ1v) is 4.53. The van der Waals surface area contributed by atoms with Crippen LogP contribution in [-0.2, 0) is 4.84 Å². The summed E-state index contributed by atoms with van der Waals surface area (Å²) in [5.41, 5.74) is 1.26. The molecule has 0 aliphatic heterocycles. The molecule has 2 nitrogen and oxygen atoms in total. The molecular weight excluding hydrogens is 138 g/mol. The molecule has 1 aliphatic carbocycles. The molecule has 0 unspecified atom stereocenters. The Kier molecular flexibility index (Phi) is 3.40. The highest BCUT2D eigenvalue weighted by Gasteiger charge is 2.15. The monoisotopic (exact) mass is 155 g/mol. The predicted octanol–water partition coefficient (Wildman–Crippen LogP) is 2.59. The summed E-state index contributed by atoms with van der Waals surface area (Å²) in [7, 11) is 0. The van der Waals surface area contributed by atoms with E-state index in [0.29, 0.717) is 12.5 Å². The molecule has 0 spiro atoms. The standard InChI is InChI=1S/C9H17NO/c1-3-11-10-9-7-5-4-6-8(9)2/h8H,3-7H2,1-2H3/b10-9-/t8-/m1/s1. The largest absolute Gasteiger partial charge is 0.396 e. The van der Waals surface area contributed by atoms with Crippen molar-refractivity contribution in [2.24, 2.45) is 11.1 Å². The van der Waals surface area contributed by atoms with Crippen molar-refractivity contribution in [1.82, 2.24) is 0 Å². The minimum atomic E-state index is 0.648. The lowest BCUT2D eigenvalue weighted by Gasteiger charge is -2.18. The van der Waals surface area contributed by atoms with Gasteiger partial charge in [0.05, 0.1) is 5.71 Å². The number of oxime groups is 1. The zero-order valence-electron chi connectivity index (χ0n) is 7.47. The van der Waals surface area contributed by atoms with Gasteiger partial charge in [-0.15, -0.1) is 0 Å². The third kappa shape index (κ3) is 2.52. The molecule has 1 rings (SSSR count). The van der Waals surface area contributed by atoms with Gasteiger partial charge in [0.2, 0.25) is 0 Å². The summed E-state index contributed by atoms with van der Waals surface area (Å²) in [6.07, 6.45) is 5.07. The van der Waals surface area contributed by atoms with Gasteiger partial charge < -0.3 is 4.84 Å². The second-order valence-corrected chi connectivity index (χ2v) is 3.15. The molecule has 0 N–H and O–H groups in total. The van der Waals surface area contributed by atoms with E-state index in [9.17, 15) is 0 Å². The van der Waals surface area contributed by atoms with Crippen LogP contribution in [0.1, 0.15) is 39.5 Å². The first kappa shape index (κ1) is 8.57. The summed E-state index contributed by atoms with van der Waals surface area (Å²) in [4.78, 5) is 5.03. The van der Waals surface area contributed by atoms with Gasteiger partial charge in [0.15, 0.2) is 0 Å². The van der Waals surface area contributed by atoms with Crippen LogP contribution in [0, 0.1) is 5.92 Å². The first-order valence-electron chi connectivity index (χ1n) is 4.53. The Morgan fingerprint density at radius 2 is 2.36 bits per heavy atom. The summed E-state index contributed by atoms with van der Waals surface area (Å²) < 4.78 is 0. The van der Waals surface area contributed by atoms with Crippen LogP contribution < -0.4 is 0 Å². The number of hydrogen-bond donors (Lipinski definition) is 0. The zero-order chi connectivity index (χ0) is 8.10. The number of nitrogens with zero attached hydrogens (tertiary/aromatic N) is 1. The van der Waals surface area contributed by atoms with Crippen molar-refractivity contribution >= 4 is 5.71 Å². The Morgan fingerprint density at radius 1 is 1.55 bits per heavy atom. The van der Waals surface area contributed by atoms with Crippen molar-refractivity contribution in [1.29, 1.82) is 0 Å². The fourth-order valence-electron chi connectivity index (χ4n) is 1.45. The minimum Gasteiger partial charge on any atom is -0.396 e. The predicted molar refractivity (Wildman–Crippen MR) is 46.7 cm³/mol. The van der Waals surface area contributed by atoms with Crippen LogP contribution in [0.25, 0.3) is 0 Å². The summed E-state index contributed by atoms with van der Waals surface area (Å²) in [6.45, 7) is 4.89. The van der Waals surface area contributed by atoms with E-state index in [2.05, 4.69) is 12.1 Å². The number of hydrogen-bond acceptors (Lipinski definition) is 2. The summed E-state index contributed by atoms with van der Waals surface area (Å²) in [6, 6.07) is 0. The van der Waals surface area contributed by atoms with E-state index in [0.717, 1.165) is 6.42 Å². The van der Waals surface area contributed by atoms with Gasteiger partial charge in [-0.25, -0.2) is 0 Å². The average molecular weight is 155 g/mol. The molecule has 0 amide bonds. The Morgan fingerprint density at radius 3 is 3.00 bits per heavy atom. The first-order chi connectivity index (χ1) is 5.34. The quantitative estimate of drug-likeness (QED) is 0.562. The highest BCUT2D eigenvalue weighted by atomic mass is 16.6. The van der Waals surface area contributed by atoms with Crippen LogP contribution in [0.2, 0.25) is 0 Å². The third-order valence-corrected chi connectivity index (χ3v) is 2.20. The highest BCUT2D eigenvalue weighted by molar-refractivity contribution is 5.86. The van der Waals surface area contributed by atoms with Gasteiger partial charge in [-0.3, -0.25) is 0 Å². The van der Waals surface area contributed by atoms with Crippen LogP contribution >= 0.6 is 0 Å². The lowest BCUT2D eigenvalue weighted by atomic mass is 9.89. The fraction of sp³-hybridized carbons (Fsp3) is 0.889. The molecular formula is C9H17NO. The second kappa shape index (κ2) is 4.37. The molecule has 1 saturated carbocycles. The van der Waals surface area contributed by atoms with Crippen LogP contribution in [0.15, 0.2) is 5.16 Å². The maximum atomic E-state index is 5.03. The molecule has 0 saturated heterocycles. The van der Waals surface area contributed by atoms with E-state index >= 15 is 0 Å². The van der Waals surface area contributed by atoms with Gasteiger partial charge in [0, 0.05) is 0 Å². The molecule has 0 radical (unpaired) electrons. The van der Waals surface area contributed by atoms with Gasteiger partial charge in [-0.05, 0) is 32.1 Å². The molecule has 11 heavy (non-hydrogen) atoms. The molecule has 0 aromatic rings. The molecule has 0 bridgehead atoms. The lowest BCUT2D eigenvalue weighted by Crippen LogP contribution is -2.16. The van der Waals surface area contributed by atoms with E-state index in [4.69, 9.17) is 4.84 Å². The maximum absolute atomic E-state index is 5.03. The maximum Gasteiger partial charge on any atom is 0.114 e. The smallest absolute Gasteiger partial charge is 0.114 e. The van der Waals surface area contributed by atoms with E-state index in [1.54, 1.807) is 0 Å². The Bertz CT molecular complexity index is 142. The van der Waals surface area contributed by atoms with Crippen LogP contribution in [0.3, 0.4) is 0 Å². The van der Waals surface area contributed by atoms with Crippen molar-refractivity contribution in [3.8, 4) is 0 Å². The van der Waals surface area contributed by atoms with Gasteiger partial charge in [0.25, 0.3) is 0 Å². The highest BCUT2D eigenvalue weighted by Crippen LogP contribution is 2.20. The van der Waals surface area contributed by atoms with Gasteiger partial charge in [-0.1, -0.05) is 18.5 Å². The average Bonchev–Trinajstić information content (AvgIpc) is 2.03. The summed E-state index contributed by atoms with van der Waals surface area (Å²) in [5.74, 6) is 0.648. The zero-order valence-corrected chi connectivity index (χ0v) is 7.47. The Hall–Kier alpha value is -0.530. The molecule has 64 valence electrons. The number of rotatable bonds is 2. The van der Waals surface area contributed by atoms with E-state index in [1.165, 1.54) is 25.0 Å². The van der Waals surface area contributed by atoms with Crippen molar-refractivity contribution in [3.05, 3.63) is 0 Å². The Balaban J connectivity index is 2.40. The van der Waals surface area contributed by atoms with Crippen molar-refractivity contribution in [3.63, 3.8) is 0 Å². The molecule has 1 atom stereocenters. The summed E-state index contributed by atoms with van der Waals surface area (Å²) >= 11 is 0. The van der Waals surface area contributed by atoms with E-state index in [1.807, 2.05) is 6.92 Å². The lowest BCUT2D eigenvalue weighted by molar-refractivity contribution is 0.155. The van der Waals surface area contributed by atoms with Gasteiger partial charge in [-0.2, -0.15) is 0 Å². The minimum absolute atomic E-state index is 0.648. The molecule has 1 fully saturated rings. The molecule has 0 aromatic carbocycles. The molecule has 0 heterocycles. The summed E-state index contributed by atoms with van der Waals surface area (Å²) in [5, 5.41) is 4.10. The third-order valence-electron chi connectivity index (χ3n) is 2.20. The van der Waals surface area contributed by atoms with Crippen LogP contribution in [0.5, 0.6) is 0 Å². The van der Waals surface area contributed by atoms with E-state index in [-0.39, 0.29) is 0 Å². The fourth-order valence-corrected chi connectivity index (χ4v) is 1.45. The van der Waals surface area contributed by atoms with E-state index < -0.39 is 0 Å². The van der Waals surface area contributed by atoms with Gasteiger partial charge >= 0.3 is 0 Å².